The molecule has 1 aromatic rings. The standard InChI is InChI=1S/C20H31N3O3/c1-23-18(13-17(22-23)15-9-5-6-10-15)20(26)21-16(12-19(24)25)11-14-7-3-2-4-8-14/h13-16H,2-12H2,1H3,(H,21,26)(H,24,25)/t16-/m1/s1. The zero-order chi connectivity index (χ0) is 18.5. The maximum absolute atomic E-state index is 12.8. The number of aromatic nitrogens is 2. The second kappa shape index (κ2) is 8.69. The highest BCUT2D eigenvalue weighted by atomic mass is 16.4. The first-order valence-corrected chi connectivity index (χ1v) is 10.1. The Morgan fingerprint density at radius 3 is 2.50 bits per heavy atom. The van der Waals surface area contributed by atoms with Crippen molar-refractivity contribution in [1.82, 2.24) is 15.1 Å². The van der Waals surface area contributed by atoms with Crippen molar-refractivity contribution in [2.75, 3.05) is 0 Å². The monoisotopic (exact) mass is 361 g/mol. The maximum atomic E-state index is 12.8. The highest BCUT2D eigenvalue weighted by Crippen LogP contribution is 2.33. The third kappa shape index (κ3) is 4.86. The number of aliphatic carboxylic acids is 1. The first-order valence-electron chi connectivity index (χ1n) is 10.1. The van der Waals surface area contributed by atoms with Gasteiger partial charge in [0.2, 0.25) is 0 Å². The van der Waals surface area contributed by atoms with Gasteiger partial charge in [0.05, 0.1) is 12.1 Å². The van der Waals surface area contributed by atoms with Crippen molar-refractivity contribution in [3.05, 3.63) is 17.5 Å². The topological polar surface area (TPSA) is 84.2 Å². The molecule has 144 valence electrons. The number of aryl methyl sites for hydroxylation is 1. The fourth-order valence-corrected chi connectivity index (χ4v) is 4.61. The molecule has 6 heteroatoms. The third-order valence-electron chi connectivity index (χ3n) is 6.00. The highest BCUT2D eigenvalue weighted by molar-refractivity contribution is 5.93. The molecule has 2 saturated carbocycles. The van der Waals surface area contributed by atoms with E-state index in [1.54, 1.807) is 11.7 Å². The van der Waals surface area contributed by atoms with Crippen molar-refractivity contribution in [3.8, 4) is 0 Å². The molecule has 26 heavy (non-hydrogen) atoms. The minimum Gasteiger partial charge on any atom is -0.481 e. The van der Waals surface area contributed by atoms with Crippen LogP contribution in [0.25, 0.3) is 0 Å². The van der Waals surface area contributed by atoms with Gasteiger partial charge < -0.3 is 10.4 Å². The highest BCUT2D eigenvalue weighted by Gasteiger charge is 2.26. The van der Waals surface area contributed by atoms with Crippen LogP contribution in [-0.2, 0) is 11.8 Å². The molecule has 2 N–H and O–H groups in total. The van der Waals surface area contributed by atoms with Crippen LogP contribution in [0.15, 0.2) is 6.07 Å². The van der Waals surface area contributed by atoms with E-state index in [1.165, 1.54) is 32.1 Å². The quantitative estimate of drug-likeness (QED) is 0.777. The minimum atomic E-state index is -0.859. The normalized spacial score (nSPS) is 20.2. The summed E-state index contributed by atoms with van der Waals surface area (Å²) in [6, 6.07) is 1.58. The Bertz CT molecular complexity index is 628. The molecule has 2 aliphatic rings. The second-order valence-electron chi connectivity index (χ2n) is 8.07. The van der Waals surface area contributed by atoms with E-state index in [-0.39, 0.29) is 18.4 Å². The SMILES string of the molecule is Cn1nc(C2CCCC2)cc1C(=O)N[C@@H](CC(=O)O)CC1CCCCC1. The lowest BCUT2D eigenvalue weighted by molar-refractivity contribution is -0.137. The molecule has 1 amide bonds. The number of nitrogens with zero attached hydrogens (tertiary/aromatic N) is 2. The zero-order valence-corrected chi connectivity index (χ0v) is 15.7. The van der Waals surface area contributed by atoms with Gasteiger partial charge in [-0.2, -0.15) is 5.10 Å². The molecule has 2 aliphatic carbocycles. The van der Waals surface area contributed by atoms with Crippen molar-refractivity contribution in [3.63, 3.8) is 0 Å². The van der Waals surface area contributed by atoms with Gasteiger partial charge in [-0.05, 0) is 31.2 Å². The van der Waals surface area contributed by atoms with Crippen LogP contribution in [0.1, 0.15) is 92.7 Å². The predicted molar refractivity (Wildman–Crippen MR) is 99.1 cm³/mol. The summed E-state index contributed by atoms with van der Waals surface area (Å²) in [5.41, 5.74) is 1.53. The molecule has 0 unspecified atom stereocenters. The van der Waals surface area contributed by atoms with Gasteiger partial charge in [-0.1, -0.05) is 44.9 Å². The van der Waals surface area contributed by atoms with Gasteiger partial charge in [0.15, 0.2) is 0 Å². The number of carbonyl (C=O) groups is 2. The van der Waals surface area contributed by atoms with Gasteiger partial charge in [0.1, 0.15) is 5.69 Å². The van der Waals surface area contributed by atoms with Crippen LogP contribution in [-0.4, -0.2) is 32.8 Å². The van der Waals surface area contributed by atoms with Crippen LogP contribution in [0, 0.1) is 5.92 Å². The van der Waals surface area contributed by atoms with Gasteiger partial charge in [0.25, 0.3) is 5.91 Å². The molecule has 1 aromatic heterocycles. The van der Waals surface area contributed by atoms with E-state index in [9.17, 15) is 14.7 Å². The Hall–Kier alpha value is -1.85. The molecule has 2 fully saturated rings. The van der Waals surface area contributed by atoms with Gasteiger partial charge in [-0.25, -0.2) is 0 Å². The van der Waals surface area contributed by atoms with Crippen molar-refractivity contribution >= 4 is 11.9 Å². The van der Waals surface area contributed by atoms with E-state index in [4.69, 9.17) is 0 Å². The van der Waals surface area contributed by atoms with E-state index >= 15 is 0 Å². The van der Waals surface area contributed by atoms with Crippen LogP contribution in [0.5, 0.6) is 0 Å². The average molecular weight is 361 g/mol. The smallest absolute Gasteiger partial charge is 0.305 e. The predicted octanol–water partition coefficient (Wildman–Crippen LogP) is 3.62. The average Bonchev–Trinajstić information content (AvgIpc) is 3.24. The molecular weight excluding hydrogens is 330 g/mol. The molecule has 0 aromatic carbocycles. The van der Waals surface area contributed by atoms with E-state index in [1.807, 2.05) is 6.07 Å². The molecule has 0 aliphatic heterocycles. The van der Waals surface area contributed by atoms with Gasteiger partial charge >= 0.3 is 5.97 Å². The van der Waals surface area contributed by atoms with Crippen molar-refractivity contribution in [2.45, 2.75) is 82.6 Å². The fraction of sp³-hybridized carbons (Fsp3) is 0.750. The summed E-state index contributed by atoms with van der Waals surface area (Å²) in [5, 5.41) is 16.7. The summed E-state index contributed by atoms with van der Waals surface area (Å²) in [6.07, 6.45) is 11.5. The molecular formula is C20H31N3O3. The van der Waals surface area contributed by atoms with Crippen LogP contribution < -0.4 is 5.32 Å². The number of carboxylic acid groups (broad SMARTS) is 1. The minimum absolute atomic E-state index is 0.0183. The summed E-state index contributed by atoms with van der Waals surface area (Å²) in [5.74, 6) is -0.0807. The summed E-state index contributed by atoms with van der Waals surface area (Å²) in [4.78, 5) is 24.0. The van der Waals surface area contributed by atoms with Crippen LogP contribution in [0.3, 0.4) is 0 Å². The molecule has 1 heterocycles. The van der Waals surface area contributed by atoms with E-state index in [2.05, 4.69) is 10.4 Å². The van der Waals surface area contributed by atoms with Gasteiger partial charge in [-0.3, -0.25) is 14.3 Å². The third-order valence-corrected chi connectivity index (χ3v) is 6.00. The Labute approximate surface area is 155 Å². The largest absolute Gasteiger partial charge is 0.481 e. The lowest BCUT2D eigenvalue weighted by Gasteiger charge is -2.26. The van der Waals surface area contributed by atoms with E-state index in [0.717, 1.165) is 37.8 Å². The number of rotatable bonds is 7. The first-order chi connectivity index (χ1) is 12.5. The lowest BCUT2D eigenvalue weighted by atomic mass is 9.84. The van der Waals surface area contributed by atoms with E-state index in [0.29, 0.717) is 17.5 Å². The lowest BCUT2D eigenvalue weighted by Crippen LogP contribution is -2.39. The van der Waals surface area contributed by atoms with Crippen LogP contribution in [0.4, 0.5) is 0 Å². The number of hydrogen-bond acceptors (Lipinski definition) is 3. The number of amides is 1. The molecule has 3 rings (SSSR count). The number of hydrogen-bond donors (Lipinski definition) is 2. The Morgan fingerprint density at radius 2 is 1.85 bits per heavy atom. The summed E-state index contributed by atoms with van der Waals surface area (Å²) in [6.45, 7) is 0. The van der Waals surface area contributed by atoms with Crippen molar-refractivity contribution in [1.29, 1.82) is 0 Å². The maximum Gasteiger partial charge on any atom is 0.305 e. The summed E-state index contributed by atoms with van der Waals surface area (Å²) in [7, 11) is 1.79. The molecule has 0 spiro atoms. The first kappa shape index (κ1) is 18.9. The Balaban J connectivity index is 1.65. The fourth-order valence-electron chi connectivity index (χ4n) is 4.61. The molecule has 0 saturated heterocycles. The Kier molecular flexibility index (Phi) is 6.33. The number of nitrogens with one attached hydrogen (secondary N) is 1. The van der Waals surface area contributed by atoms with Gasteiger partial charge in [0, 0.05) is 19.0 Å². The molecule has 6 nitrogen and oxygen atoms in total. The summed E-state index contributed by atoms with van der Waals surface area (Å²) >= 11 is 0. The van der Waals surface area contributed by atoms with Crippen LogP contribution in [0.2, 0.25) is 0 Å². The molecule has 0 bridgehead atoms. The van der Waals surface area contributed by atoms with Gasteiger partial charge in [-0.15, -0.1) is 0 Å². The van der Waals surface area contributed by atoms with Crippen molar-refractivity contribution in [2.24, 2.45) is 13.0 Å². The van der Waals surface area contributed by atoms with Crippen LogP contribution >= 0.6 is 0 Å². The number of carboxylic acids is 1. The molecule has 1 atom stereocenters. The second-order valence-corrected chi connectivity index (χ2v) is 8.07. The number of carbonyl (C=O) groups excluding carboxylic acids is 1. The zero-order valence-electron chi connectivity index (χ0n) is 15.7. The Morgan fingerprint density at radius 1 is 1.19 bits per heavy atom. The van der Waals surface area contributed by atoms with Crippen molar-refractivity contribution < 1.29 is 14.7 Å². The van der Waals surface area contributed by atoms with E-state index < -0.39 is 5.97 Å². The molecule has 0 radical (unpaired) electrons. The summed E-state index contributed by atoms with van der Waals surface area (Å²) < 4.78 is 1.64.